The molecule has 0 radical (unpaired) electrons. The summed E-state index contributed by atoms with van der Waals surface area (Å²) in [6.07, 6.45) is -2.90. The highest BCUT2D eigenvalue weighted by Gasteiger charge is 2.35. The maximum Gasteiger partial charge on any atom is 0.433 e. The number of carbonyl (C=O) groups is 1. The molecule has 2 heterocycles. The van der Waals surface area contributed by atoms with Crippen LogP contribution in [0.15, 0.2) is 35.0 Å². The Kier molecular flexibility index (Phi) is 5.06. The van der Waals surface area contributed by atoms with Gasteiger partial charge in [0, 0.05) is 30.2 Å². The lowest BCUT2D eigenvalue weighted by molar-refractivity contribution is -0.144. The third-order valence-electron chi connectivity index (χ3n) is 3.90. The molecule has 1 aromatic carbocycles. The fraction of sp³-hybridized carbons (Fsp3) is 0.353. The first-order chi connectivity index (χ1) is 12.7. The van der Waals surface area contributed by atoms with Crippen LogP contribution >= 0.6 is 0 Å². The molecule has 0 saturated carbocycles. The summed E-state index contributed by atoms with van der Waals surface area (Å²) in [4.78, 5) is 12.0. The van der Waals surface area contributed by atoms with Crippen LogP contribution in [0.1, 0.15) is 18.3 Å². The highest BCUT2D eigenvalue weighted by Crippen LogP contribution is 2.30. The van der Waals surface area contributed by atoms with Crippen molar-refractivity contribution < 1.29 is 22.5 Å². The molecule has 2 aromatic heterocycles. The van der Waals surface area contributed by atoms with Gasteiger partial charge < -0.3 is 15.2 Å². The topological polar surface area (TPSA) is 85.0 Å². The van der Waals surface area contributed by atoms with Gasteiger partial charge in [0.25, 0.3) is 0 Å². The average molecular weight is 381 g/mol. The summed E-state index contributed by atoms with van der Waals surface area (Å²) in [6.45, 7) is 3.46. The molecule has 0 bridgehead atoms. The van der Waals surface area contributed by atoms with E-state index in [0.717, 1.165) is 16.1 Å². The molecule has 1 unspecified atom stereocenters. The van der Waals surface area contributed by atoms with E-state index in [1.807, 2.05) is 0 Å². The SMILES string of the molecule is Cc1cc(C(F)(F)F)n(CC(C)CNC(=O)Nc2ccc3cnoc3c2)n1. The van der Waals surface area contributed by atoms with Crippen molar-refractivity contribution in [2.24, 2.45) is 5.92 Å². The number of urea groups is 1. The van der Waals surface area contributed by atoms with Crippen LogP contribution in [-0.2, 0) is 12.7 Å². The minimum atomic E-state index is -4.47. The number of nitrogens with zero attached hydrogens (tertiary/aromatic N) is 3. The third kappa shape index (κ3) is 4.57. The highest BCUT2D eigenvalue weighted by molar-refractivity contribution is 5.91. The number of fused-ring (bicyclic) bond motifs is 1. The normalized spacial score (nSPS) is 12.9. The number of benzene rings is 1. The zero-order valence-corrected chi connectivity index (χ0v) is 14.7. The van der Waals surface area contributed by atoms with Crippen molar-refractivity contribution >= 4 is 22.7 Å². The van der Waals surface area contributed by atoms with Crippen molar-refractivity contribution in [3.8, 4) is 0 Å². The summed E-state index contributed by atoms with van der Waals surface area (Å²) in [6, 6.07) is 5.63. The lowest BCUT2D eigenvalue weighted by Gasteiger charge is -2.16. The van der Waals surface area contributed by atoms with E-state index in [0.29, 0.717) is 17.0 Å². The molecule has 0 fully saturated rings. The van der Waals surface area contributed by atoms with Crippen LogP contribution in [-0.4, -0.2) is 27.5 Å². The minimum absolute atomic E-state index is 0.0347. The second-order valence-corrected chi connectivity index (χ2v) is 6.37. The van der Waals surface area contributed by atoms with Crippen molar-refractivity contribution in [1.29, 1.82) is 0 Å². The first-order valence-corrected chi connectivity index (χ1v) is 8.23. The number of alkyl halides is 3. The maximum absolute atomic E-state index is 13.0. The van der Waals surface area contributed by atoms with Gasteiger partial charge in [0.2, 0.25) is 0 Å². The number of anilines is 1. The predicted octanol–water partition coefficient (Wildman–Crippen LogP) is 3.81. The maximum atomic E-state index is 13.0. The molecular weight excluding hydrogens is 363 g/mol. The van der Waals surface area contributed by atoms with Gasteiger partial charge >= 0.3 is 12.2 Å². The van der Waals surface area contributed by atoms with Crippen LogP contribution in [0.5, 0.6) is 0 Å². The average Bonchev–Trinajstić information content (AvgIpc) is 3.18. The number of hydrogen-bond acceptors (Lipinski definition) is 4. The highest BCUT2D eigenvalue weighted by atomic mass is 19.4. The number of aromatic nitrogens is 3. The molecule has 0 aliphatic rings. The van der Waals surface area contributed by atoms with Gasteiger partial charge in [-0.3, -0.25) is 4.68 Å². The number of rotatable bonds is 5. The van der Waals surface area contributed by atoms with E-state index in [-0.39, 0.29) is 19.0 Å². The van der Waals surface area contributed by atoms with Crippen LogP contribution in [0.25, 0.3) is 11.0 Å². The summed E-state index contributed by atoms with van der Waals surface area (Å²) in [7, 11) is 0. The number of halogens is 3. The van der Waals surface area contributed by atoms with Crippen molar-refractivity contribution in [2.45, 2.75) is 26.6 Å². The van der Waals surface area contributed by atoms with Gasteiger partial charge in [0.05, 0.1) is 11.9 Å². The Morgan fingerprint density at radius 2 is 2.11 bits per heavy atom. The van der Waals surface area contributed by atoms with Gasteiger partial charge in [-0.15, -0.1) is 0 Å². The van der Waals surface area contributed by atoms with Gasteiger partial charge in [-0.1, -0.05) is 12.1 Å². The fourth-order valence-electron chi connectivity index (χ4n) is 2.65. The molecule has 2 amide bonds. The van der Waals surface area contributed by atoms with Crippen molar-refractivity contribution in [1.82, 2.24) is 20.3 Å². The van der Waals surface area contributed by atoms with Crippen molar-refractivity contribution in [3.05, 3.63) is 41.9 Å². The summed E-state index contributed by atoms with van der Waals surface area (Å²) < 4.78 is 45.0. The Labute approximate surface area is 152 Å². The second-order valence-electron chi connectivity index (χ2n) is 6.37. The second kappa shape index (κ2) is 7.29. The number of aryl methyl sites for hydroxylation is 1. The molecule has 2 N–H and O–H groups in total. The molecule has 3 aromatic rings. The quantitative estimate of drug-likeness (QED) is 0.704. The molecule has 10 heteroatoms. The zero-order chi connectivity index (χ0) is 19.6. The Balaban J connectivity index is 1.54. The van der Waals surface area contributed by atoms with E-state index in [1.54, 1.807) is 31.3 Å². The van der Waals surface area contributed by atoms with E-state index in [2.05, 4.69) is 20.9 Å². The summed E-state index contributed by atoms with van der Waals surface area (Å²) >= 11 is 0. The Bertz CT molecular complexity index is 948. The molecule has 0 spiro atoms. The lowest BCUT2D eigenvalue weighted by Crippen LogP contribution is -2.34. The van der Waals surface area contributed by atoms with Gasteiger partial charge in [-0.2, -0.15) is 18.3 Å². The van der Waals surface area contributed by atoms with E-state index in [9.17, 15) is 18.0 Å². The molecule has 7 nitrogen and oxygen atoms in total. The number of nitrogens with one attached hydrogen (secondary N) is 2. The number of carbonyl (C=O) groups excluding carboxylic acids is 1. The molecule has 27 heavy (non-hydrogen) atoms. The fourth-order valence-corrected chi connectivity index (χ4v) is 2.65. The molecular formula is C17H18F3N5O2. The smallest absolute Gasteiger partial charge is 0.356 e. The summed E-state index contributed by atoms with van der Waals surface area (Å²) in [5.41, 5.74) is 0.557. The minimum Gasteiger partial charge on any atom is -0.356 e. The summed E-state index contributed by atoms with van der Waals surface area (Å²) in [5.74, 6) is -0.257. The van der Waals surface area contributed by atoms with Crippen LogP contribution in [0.3, 0.4) is 0 Å². The van der Waals surface area contributed by atoms with Gasteiger partial charge in [0.1, 0.15) is 5.69 Å². The number of amides is 2. The molecule has 0 aliphatic carbocycles. The Morgan fingerprint density at radius 1 is 1.33 bits per heavy atom. The number of hydrogen-bond donors (Lipinski definition) is 2. The third-order valence-corrected chi connectivity index (χ3v) is 3.90. The Morgan fingerprint density at radius 3 is 2.85 bits per heavy atom. The van der Waals surface area contributed by atoms with E-state index < -0.39 is 17.9 Å². The van der Waals surface area contributed by atoms with Gasteiger partial charge in [-0.25, -0.2) is 4.79 Å². The summed E-state index contributed by atoms with van der Waals surface area (Å²) in [5, 5.41) is 13.6. The van der Waals surface area contributed by atoms with Crippen molar-refractivity contribution in [3.63, 3.8) is 0 Å². The van der Waals surface area contributed by atoms with Crippen LogP contribution < -0.4 is 10.6 Å². The molecule has 144 valence electrons. The predicted molar refractivity (Wildman–Crippen MR) is 92.2 cm³/mol. The first-order valence-electron chi connectivity index (χ1n) is 8.23. The molecule has 0 saturated heterocycles. The van der Waals surface area contributed by atoms with Gasteiger partial charge in [0.15, 0.2) is 5.58 Å². The molecule has 3 rings (SSSR count). The van der Waals surface area contributed by atoms with Crippen molar-refractivity contribution in [2.75, 3.05) is 11.9 Å². The first kappa shape index (κ1) is 18.7. The largest absolute Gasteiger partial charge is 0.433 e. The van der Waals surface area contributed by atoms with E-state index in [1.165, 1.54) is 6.92 Å². The monoisotopic (exact) mass is 381 g/mol. The van der Waals surface area contributed by atoms with Crippen LogP contribution in [0, 0.1) is 12.8 Å². The lowest BCUT2D eigenvalue weighted by atomic mass is 10.2. The van der Waals surface area contributed by atoms with Crippen LogP contribution in [0.4, 0.5) is 23.7 Å². The standard InChI is InChI=1S/C17H18F3N5O2/c1-10(9-25-15(17(18,19)20)5-11(2)24-25)7-21-16(26)23-13-4-3-12-8-22-27-14(12)6-13/h3-6,8,10H,7,9H2,1-2H3,(H2,21,23,26). The molecule has 0 aliphatic heterocycles. The van der Waals surface area contributed by atoms with Gasteiger partial charge in [-0.05, 0) is 31.0 Å². The zero-order valence-electron chi connectivity index (χ0n) is 14.7. The molecule has 1 atom stereocenters. The van der Waals surface area contributed by atoms with E-state index in [4.69, 9.17) is 4.52 Å². The Hall–Kier alpha value is -3.04. The van der Waals surface area contributed by atoms with Crippen LogP contribution in [0.2, 0.25) is 0 Å². The van der Waals surface area contributed by atoms with E-state index >= 15 is 0 Å².